The first kappa shape index (κ1) is 22.6. The quantitative estimate of drug-likeness (QED) is 0.468. The number of nitrogen functional groups attached to an aromatic ring is 2. The van der Waals surface area contributed by atoms with E-state index in [1.54, 1.807) is 19.9 Å². The van der Waals surface area contributed by atoms with Gasteiger partial charge in [-0.1, -0.05) is 6.92 Å². The zero-order chi connectivity index (χ0) is 23.2. The molecule has 0 spiro atoms. The number of fused-ring (bicyclic) bond motifs is 1. The minimum absolute atomic E-state index is 0.0210. The van der Waals surface area contributed by atoms with Gasteiger partial charge in [0.25, 0.3) is 0 Å². The lowest BCUT2D eigenvalue weighted by Crippen LogP contribution is -2.18. The van der Waals surface area contributed by atoms with Gasteiger partial charge in [0.15, 0.2) is 0 Å². The zero-order valence-electron chi connectivity index (χ0n) is 17.5. The molecule has 6 nitrogen and oxygen atoms in total. The monoisotopic (exact) mass is 510 g/mol. The molecule has 3 aromatic rings. The fourth-order valence-corrected chi connectivity index (χ4v) is 4.51. The van der Waals surface area contributed by atoms with Gasteiger partial charge in [-0.2, -0.15) is 13.2 Å². The maximum absolute atomic E-state index is 13.4. The van der Waals surface area contributed by atoms with E-state index < -0.39 is 17.7 Å². The average Bonchev–Trinajstić information content (AvgIpc) is 3.20. The minimum Gasteiger partial charge on any atom is -0.486 e. The highest BCUT2D eigenvalue weighted by atomic mass is 79.9. The first-order valence-electron chi connectivity index (χ1n) is 10.0. The van der Waals surface area contributed by atoms with Crippen LogP contribution in [-0.4, -0.2) is 29.3 Å². The van der Waals surface area contributed by atoms with Gasteiger partial charge in [-0.15, -0.1) is 0 Å². The summed E-state index contributed by atoms with van der Waals surface area (Å²) in [5, 5.41) is 0.538. The number of nitrogens with two attached hydrogens (primary N) is 2. The van der Waals surface area contributed by atoms with Crippen LogP contribution in [0.4, 0.5) is 24.7 Å². The van der Waals surface area contributed by atoms with Crippen molar-refractivity contribution >= 4 is 38.3 Å². The van der Waals surface area contributed by atoms with Crippen LogP contribution < -0.4 is 16.2 Å². The lowest BCUT2D eigenvalue weighted by Gasteiger charge is -2.24. The molecule has 1 aromatic heterocycles. The average molecular weight is 511 g/mol. The third-order valence-electron chi connectivity index (χ3n) is 5.48. The second-order valence-electron chi connectivity index (χ2n) is 7.86. The van der Waals surface area contributed by atoms with Gasteiger partial charge in [0.2, 0.25) is 0 Å². The maximum Gasteiger partial charge on any atom is 0.416 e. The second kappa shape index (κ2) is 8.40. The lowest BCUT2D eigenvalue weighted by atomic mass is 9.88. The van der Waals surface area contributed by atoms with E-state index in [0.29, 0.717) is 57.7 Å². The largest absolute Gasteiger partial charge is 0.486 e. The van der Waals surface area contributed by atoms with Crippen molar-refractivity contribution in [2.24, 2.45) is 0 Å². The minimum atomic E-state index is -4.52. The first-order chi connectivity index (χ1) is 15.0. The van der Waals surface area contributed by atoms with Gasteiger partial charge in [0.1, 0.15) is 23.5 Å². The zero-order valence-corrected chi connectivity index (χ0v) is 19.0. The molecular weight excluding hydrogens is 489 g/mol. The van der Waals surface area contributed by atoms with E-state index in [2.05, 4.69) is 25.9 Å². The van der Waals surface area contributed by atoms with Crippen molar-refractivity contribution in [2.75, 3.05) is 24.7 Å². The number of aromatic nitrogens is 2. The standard InChI is InChI=1S/C22H22BrF3N4O2/c1-10(12-5-13(22(24,25)26)7-14(27)6-12)18-19-17(29-11(2)30-21(19)28)8-16(23)20(18)32-15-3-4-31-9-15/h5-8,10,15H,3-4,9,27H2,1-2H3,(H2,28,29,30)/t10-,15+/m1/s1. The molecule has 1 fully saturated rings. The number of ether oxygens (including phenoxy) is 2. The second-order valence-corrected chi connectivity index (χ2v) is 8.72. The molecule has 0 unspecified atom stereocenters. The summed E-state index contributed by atoms with van der Waals surface area (Å²) in [7, 11) is 0. The Balaban J connectivity index is 1.96. The topological polar surface area (TPSA) is 96.3 Å². The molecule has 4 N–H and O–H groups in total. The molecule has 4 rings (SSSR count). The van der Waals surface area contributed by atoms with Crippen LogP contribution in [0.2, 0.25) is 0 Å². The Morgan fingerprint density at radius 1 is 1.19 bits per heavy atom. The molecule has 2 atom stereocenters. The van der Waals surface area contributed by atoms with Crippen molar-refractivity contribution in [3.63, 3.8) is 0 Å². The maximum atomic E-state index is 13.4. The molecule has 10 heteroatoms. The van der Waals surface area contributed by atoms with E-state index in [9.17, 15) is 13.2 Å². The van der Waals surface area contributed by atoms with Crippen LogP contribution in [0, 0.1) is 6.92 Å². The predicted octanol–water partition coefficient (Wildman–Crippen LogP) is 5.20. The number of halogens is 4. The smallest absolute Gasteiger partial charge is 0.416 e. The van der Waals surface area contributed by atoms with Gasteiger partial charge in [-0.3, -0.25) is 0 Å². The predicted molar refractivity (Wildman–Crippen MR) is 120 cm³/mol. The van der Waals surface area contributed by atoms with Crippen LogP contribution in [0.15, 0.2) is 28.7 Å². The Hall–Kier alpha value is -2.59. The van der Waals surface area contributed by atoms with E-state index in [1.807, 2.05) is 0 Å². The van der Waals surface area contributed by atoms with Crippen LogP contribution in [0.3, 0.4) is 0 Å². The van der Waals surface area contributed by atoms with Crippen LogP contribution in [0.1, 0.15) is 41.8 Å². The summed E-state index contributed by atoms with van der Waals surface area (Å²) in [5.74, 6) is 0.650. The van der Waals surface area contributed by atoms with Crippen LogP contribution in [0.25, 0.3) is 10.9 Å². The summed E-state index contributed by atoms with van der Waals surface area (Å²) in [5.41, 5.74) is 12.9. The van der Waals surface area contributed by atoms with Crippen molar-refractivity contribution in [1.82, 2.24) is 9.97 Å². The van der Waals surface area contributed by atoms with Gasteiger partial charge in [-0.05, 0) is 52.7 Å². The van der Waals surface area contributed by atoms with Gasteiger partial charge in [0.05, 0.1) is 34.2 Å². The molecule has 170 valence electrons. The highest BCUT2D eigenvalue weighted by molar-refractivity contribution is 9.10. The SMILES string of the molecule is Cc1nc(N)c2c([C@H](C)c3cc(N)cc(C(F)(F)F)c3)c(O[C@H]3CCOC3)c(Br)cc2n1. The number of aryl methyl sites for hydroxylation is 1. The number of rotatable bonds is 4. The van der Waals surface area contributed by atoms with Crippen molar-refractivity contribution < 1.29 is 22.6 Å². The van der Waals surface area contributed by atoms with E-state index in [4.69, 9.17) is 20.9 Å². The van der Waals surface area contributed by atoms with E-state index in [1.165, 1.54) is 6.07 Å². The van der Waals surface area contributed by atoms with Crippen molar-refractivity contribution in [3.05, 3.63) is 51.3 Å². The number of nitrogens with zero attached hydrogens (tertiary/aromatic N) is 2. The van der Waals surface area contributed by atoms with E-state index in [0.717, 1.165) is 12.1 Å². The third-order valence-corrected chi connectivity index (χ3v) is 6.07. The van der Waals surface area contributed by atoms with Gasteiger partial charge in [0, 0.05) is 23.6 Å². The number of hydrogen-bond donors (Lipinski definition) is 2. The summed E-state index contributed by atoms with van der Waals surface area (Å²) in [6, 6.07) is 5.33. The molecule has 0 bridgehead atoms. The molecule has 32 heavy (non-hydrogen) atoms. The van der Waals surface area contributed by atoms with Gasteiger partial charge in [-0.25, -0.2) is 9.97 Å². The Kier molecular flexibility index (Phi) is 5.93. The highest BCUT2D eigenvalue weighted by Gasteiger charge is 2.33. The number of anilines is 2. The lowest BCUT2D eigenvalue weighted by molar-refractivity contribution is -0.137. The molecule has 1 saturated heterocycles. The molecule has 0 amide bonds. The summed E-state index contributed by atoms with van der Waals surface area (Å²) in [6.45, 7) is 4.51. The molecule has 2 aromatic carbocycles. The fourth-order valence-electron chi connectivity index (χ4n) is 3.99. The van der Waals surface area contributed by atoms with Gasteiger partial charge >= 0.3 is 6.18 Å². The summed E-state index contributed by atoms with van der Waals surface area (Å²) in [4.78, 5) is 8.76. The van der Waals surface area contributed by atoms with Crippen LogP contribution in [-0.2, 0) is 10.9 Å². The summed E-state index contributed by atoms with van der Waals surface area (Å²) in [6.07, 6.45) is -4.01. The number of hydrogen-bond acceptors (Lipinski definition) is 6. The van der Waals surface area contributed by atoms with Crippen LogP contribution in [0.5, 0.6) is 5.75 Å². The summed E-state index contributed by atoms with van der Waals surface area (Å²) < 4.78 is 52.6. The molecular formula is C22H22BrF3N4O2. The normalized spacial score (nSPS) is 17.6. The Bertz CT molecular complexity index is 1180. The molecule has 0 radical (unpaired) electrons. The van der Waals surface area contributed by atoms with E-state index in [-0.39, 0.29) is 17.6 Å². The Morgan fingerprint density at radius 2 is 1.94 bits per heavy atom. The van der Waals surface area contributed by atoms with Gasteiger partial charge < -0.3 is 20.9 Å². The molecule has 2 heterocycles. The number of alkyl halides is 3. The van der Waals surface area contributed by atoms with Crippen molar-refractivity contribution in [2.45, 2.75) is 38.5 Å². The number of benzene rings is 2. The summed E-state index contributed by atoms with van der Waals surface area (Å²) >= 11 is 3.55. The Morgan fingerprint density at radius 3 is 2.59 bits per heavy atom. The molecule has 1 aliphatic rings. The van der Waals surface area contributed by atoms with Crippen molar-refractivity contribution in [3.8, 4) is 5.75 Å². The molecule has 0 aliphatic carbocycles. The van der Waals surface area contributed by atoms with E-state index >= 15 is 0 Å². The molecule has 1 aliphatic heterocycles. The molecule has 0 saturated carbocycles. The first-order valence-corrected chi connectivity index (χ1v) is 10.8. The highest BCUT2D eigenvalue weighted by Crippen LogP contribution is 2.45. The van der Waals surface area contributed by atoms with Crippen LogP contribution >= 0.6 is 15.9 Å². The fraction of sp³-hybridized carbons (Fsp3) is 0.364. The van der Waals surface area contributed by atoms with Crippen molar-refractivity contribution in [1.29, 1.82) is 0 Å². The Labute approximate surface area is 191 Å². The third kappa shape index (κ3) is 4.33.